The molecular formula is C27H30O6. The summed E-state index contributed by atoms with van der Waals surface area (Å²) in [6.07, 6.45) is 13.2. The third-order valence-corrected chi connectivity index (χ3v) is 7.27. The Morgan fingerprint density at radius 1 is 1.21 bits per heavy atom. The average molecular weight is 451 g/mol. The summed E-state index contributed by atoms with van der Waals surface area (Å²) in [6.45, 7) is 7.95. The number of allylic oxidation sites excluding steroid dienone is 4. The lowest BCUT2D eigenvalue weighted by atomic mass is 9.60. The van der Waals surface area contributed by atoms with Gasteiger partial charge >= 0.3 is 11.9 Å². The molecule has 3 aliphatic heterocycles. The summed E-state index contributed by atoms with van der Waals surface area (Å²) in [5.41, 5.74) is 0.233. The number of Topliss-reactive ketones (excluding diaryl/α,β-unsaturated/α-hetero) is 1. The van der Waals surface area contributed by atoms with Gasteiger partial charge in [0.25, 0.3) is 0 Å². The lowest BCUT2D eigenvalue weighted by Crippen LogP contribution is -2.53. The molecule has 0 radical (unpaired) electrons. The van der Waals surface area contributed by atoms with E-state index in [0.29, 0.717) is 12.8 Å². The standard InChI is InChI=1S/C27H30O6/c1-5-19-14-27-23(28)22(25(31)33-27)21-10-9-18(15-32-21)8-6-7-16(2)11-20(24(29)30)13-26(27,4)12-17(19)3/h8-13,19H,5-7,14-15H2,1-4H3,(H,29,30)/b16-11+,18-8-,20-13-,22-21?/t19-,26+,27+/m0/s1. The van der Waals surface area contributed by atoms with E-state index < -0.39 is 28.7 Å². The first-order chi connectivity index (χ1) is 15.6. The van der Waals surface area contributed by atoms with Crippen LogP contribution in [-0.4, -0.2) is 35.0 Å². The maximum absolute atomic E-state index is 14.0. The van der Waals surface area contributed by atoms with E-state index in [1.165, 1.54) is 0 Å². The second-order valence-electron chi connectivity index (χ2n) is 9.60. The maximum atomic E-state index is 14.0. The maximum Gasteiger partial charge on any atom is 0.346 e. The highest BCUT2D eigenvalue weighted by Gasteiger charge is 2.64. The number of carboxylic acids is 1. The summed E-state index contributed by atoms with van der Waals surface area (Å²) in [5.74, 6) is -1.99. The fraction of sp³-hybridized carbons (Fsp3) is 0.444. The summed E-state index contributed by atoms with van der Waals surface area (Å²) in [5, 5.41) is 9.98. The first-order valence-electron chi connectivity index (χ1n) is 11.4. The molecule has 5 rings (SSSR count). The molecule has 4 bridgehead atoms. The molecule has 0 unspecified atom stereocenters. The van der Waals surface area contributed by atoms with E-state index in [1.54, 1.807) is 25.2 Å². The van der Waals surface area contributed by atoms with Gasteiger partial charge in [-0.1, -0.05) is 42.4 Å². The Kier molecular flexibility index (Phi) is 5.81. The van der Waals surface area contributed by atoms with Crippen LogP contribution in [0.2, 0.25) is 0 Å². The minimum atomic E-state index is -1.53. The van der Waals surface area contributed by atoms with Crippen molar-refractivity contribution >= 4 is 17.7 Å². The van der Waals surface area contributed by atoms with Gasteiger partial charge in [-0.2, -0.15) is 0 Å². The molecule has 6 heteroatoms. The van der Waals surface area contributed by atoms with Gasteiger partial charge in [0.1, 0.15) is 17.9 Å². The third kappa shape index (κ3) is 3.81. The topological polar surface area (TPSA) is 89.9 Å². The van der Waals surface area contributed by atoms with Gasteiger partial charge < -0.3 is 14.6 Å². The predicted molar refractivity (Wildman–Crippen MR) is 123 cm³/mol. The first-order valence-corrected chi connectivity index (χ1v) is 11.4. The highest BCUT2D eigenvalue weighted by atomic mass is 16.6. The number of carbonyl (C=O) groups excluding carboxylic acids is 2. The van der Waals surface area contributed by atoms with Crippen molar-refractivity contribution in [3.8, 4) is 0 Å². The lowest BCUT2D eigenvalue weighted by molar-refractivity contribution is -0.162. The molecule has 0 amide bonds. The van der Waals surface area contributed by atoms with E-state index in [2.05, 4.69) is 0 Å². The van der Waals surface area contributed by atoms with Crippen molar-refractivity contribution in [3.63, 3.8) is 0 Å². The largest absolute Gasteiger partial charge is 0.488 e. The van der Waals surface area contributed by atoms with Crippen LogP contribution in [0.25, 0.3) is 0 Å². The summed E-state index contributed by atoms with van der Waals surface area (Å²) < 4.78 is 11.8. The number of esters is 1. The lowest BCUT2D eigenvalue weighted by Gasteiger charge is -2.46. The quantitative estimate of drug-likeness (QED) is 0.371. The molecule has 0 saturated carbocycles. The molecule has 0 aromatic rings. The smallest absolute Gasteiger partial charge is 0.346 e. The van der Waals surface area contributed by atoms with Gasteiger partial charge in [0.05, 0.1) is 11.0 Å². The predicted octanol–water partition coefficient (Wildman–Crippen LogP) is 4.75. The zero-order valence-electron chi connectivity index (χ0n) is 19.6. The van der Waals surface area contributed by atoms with Crippen LogP contribution in [0, 0.1) is 11.3 Å². The Bertz CT molecular complexity index is 1110. The second-order valence-corrected chi connectivity index (χ2v) is 9.60. The molecular weight excluding hydrogens is 420 g/mol. The number of ether oxygens (including phenoxy) is 2. The molecule has 0 aromatic heterocycles. The van der Waals surface area contributed by atoms with Crippen molar-refractivity contribution in [2.75, 3.05) is 6.61 Å². The Balaban J connectivity index is 2.01. The minimum absolute atomic E-state index is 0.0394. The van der Waals surface area contributed by atoms with Gasteiger partial charge in [-0.3, -0.25) is 4.79 Å². The van der Waals surface area contributed by atoms with Gasteiger partial charge in [0.2, 0.25) is 5.78 Å². The molecule has 1 spiro atoms. The molecule has 174 valence electrons. The van der Waals surface area contributed by atoms with Crippen LogP contribution in [0.3, 0.4) is 0 Å². The number of carboxylic acid groups (broad SMARTS) is 1. The fourth-order valence-corrected chi connectivity index (χ4v) is 5.35. The minimum Gasteiger partial charge on any atom is -0.488 e. The normalized spacial score (nSPS) is 36.7. The van der Waals surface area contributed by atoms with Crippen molar-refractivity contribution in [2.45, 2.75) is 59.0 Å². The SMILES string of the molecule is CC[C@H]1C[C@]23OC(=O)C(=C4C=C/C(=C/CC/C(C)=C/C(C(=O)O)=C/[C@@]2(C)C=C1C)CO4)C3=O. The van der Waals surface area contributed by atoms with Crippen LogP contribution in [-0.2, 0) is 23.9 Å². The Morgan fingerprint density at radius 2 is 1.97 bits per heavy atom. The zero-order valence-corrected chi connectivity index (χ0v) is 19.6. The monoisotopic (exact) mass is 450 g/mol. The number of fused-ring (bicyclic) bond motifs is 5. The molecule has 3 atom stereocenters. The van der Waals surface area contributed by atoms with Gasteiger partial charge in [0.15, 0.2) is 5.60 Å². The summed E-state index contributed by atoms with van der Waals surface area (Å²) >= 11 is 0. The third-order valence-electron chi connectivity index (χ3n) is 7.27. The average Bonchev–Trinajstić information content (AvgIpc) is 3.01. The molecule has 1 saturated heterocycles. The van der Waals surface area contributed by atoms with Crippen molar-refractivity contribution in [1.82, 2.24) is 0 Å². The number of rotatable bonds is 2. The highest BCUT2D eigenvalue weighted by Crippen LogP contribution is 2.54. The number of aliphatic carboxylic acids is 1. The Labute approximate surface area is 194 Å². The molecule has 0 aromatic carbocycles. The summed E-state index contributed by atoms with van der Waals surface area (Å²) in [4.78, 5) is 39.2. The van der Waals surface area contributed by atoms with Crippen molar-refractivity contribution in [1.29, 1.82) is 0 Å². The van der Waals surface area contributed by atoms with Gasteiger partial charge in [0, 0.05) is 6.42 Å². The molecule has 5 aliphatic rings. The molecule has 1 N–H and O–H groups in total. The molecule has 3 heterocycles. The van der Waals surface area contributed by atoms with Crippen molar-refractivity contribution in [2.24, 2.45) is 11.3 Å². The highest BCUT2D eigenvalue weighted by molar-refractivity contribution is 6.26. The van der Waals surface area contributed by atoms with Crippen LogP contribution in [0.4, 0.5) is 0 Å². The second kappa shape index (κ2) is 8.32. The van der Waals surface area contributed by atoms with Gasteiger partial charge in [-0.25, -0.2) is 9.59 Å². The van der Waals surface area contributed by atoms with E-state index in [-0.39, 0.29) is 29.4 Å². The van der Waals surface area contributed by atoms with Crippen LogP contribution in [0.1, 0.15) is 53.4 Å². The summed E-state index contributed by atoms with van der Waals surface area (Å²) in [7, 11) is 0. The van der Waals surface area contributed by atoms with Crippen molar-refractivity contribution < 1.29 is 29.0 Å². The first kappa shape index (κ1) is 23.0. The fourth-order valence-electron chi connectivity index (χ4n) is 5.35. The molecule has 6 nitrogen and oxygen atoms in total. The van der Waals surface area contributed by atoms with Crippen LogP contribution < -0.4 is 0 Å². The molecule has 33 heavy (non-hydrogen) atoms. The number of hydrogen-bond donors (Lipinski definition) is 1. The number of hydrogen-bond acceptors (Lipinski definition) is 5. The molecule has 2 aliphatic carbocycles. The van der Waals surface area contributed by atoms with E-state index in [4.69, 9.17) is 9.47 Å². The Morgan fingerprint density at radius 3 is 2.61 bits per heavy atom. The van der Waals surface area contributed by atoms with E-state index in [9.17, 15) is 19.5 Å². The number of carbonyl (C=O) groups is 3. The van der Waals surface area contributed by atoms with Gasteiger partial charge in [-0.15, -0.1) is 0 Å². The van der Waals surface area contributed by atoms with E-state index in [0.717, 1.165) is 29.6 Å². The van der Waals surface area contributed by atoms with E-state index in [1.807, 2.05) is 39.0 Å². The zero-order chi connectivity index (χ0) is 24.0. The van der Waals surface area contributed by atoms with Gasteiger partial charge in [-0.05, 0) is 63.7 Å². The number of ketones is 1. The van der Waals surface area contributed by atoms with Crippen LogP contribution in [0.5, 0.6) is 0 Å². The molecule has 1 fully saturated rings. The summed E-state index contributed by atoms with van der Waals surface area (Å²) in [6, 6.07) is 0. The van der Waals surface area contributed by atoms with Crippen LogP contribution >= 0.6 is 0 Å². The van der Waals surface area contributed by atoms with Crippen molar-refractivity contribution in [3.05, 3.63) is 70.1 Å². The van der Waals surface area contributed by atoms with Crippen LogP contribution in [0.15, 0.2) is 70.1 Å². The Hall–Kier alpha value is -3.15. The van der Waals surface area contributed by atoms with E-state index >= 15 is 0 Å².